The smallest absolute Gasteiger partial charge is 0.412 e. The molecule has 0 aliphatic carbocycles. The Morgan fingerprint density at radius 1 is 1.29 bits per heavy atom. The number of aliphatic hydroxyl groups excluding tert-OH is 1. The van der Waals surface area contributed by atoms with Gasteiger partial charge in [-0.15, -0.1) is 0 Å². The van der Waals surface area contributed by atoms with Crippen molar-refractivity contribution in [3.8, 4) is 16.9 Å². The Balaban J connectivity index is 2.24. The number of ether oxygens (including phenoxy) is 1. The zero-order chi connectivity index (χ0) is 20.9. The molecule has 152 valence electrons. The molecule has 0 saturated carbocycles. The van der Waals surface area contributed by atoms with Crippen molar-refractivity contribution in [2.24, 2.45) is 11.7 Å². The molecule has 28 heavy (non-hydrogen) atoms. The van der Waals surface area contributed by atoms with E-state index in [-0.39, 0.29) is 6.61 Å². The SMILES string of the molecule is CC(C)C[C@](C)(N)COc1ccc(-c2ccnc(N(C)C(=O)O)c2)cc1CO. The van der Waals surface area contributed by atoms with Crippen LogP contribution in [0.15, 0.2) is 36.5 Å². The van der Waals surface area contributed by atoms with E-state index in [2.05, 4.69) is 18.8 Å². The lowest BCUT2D eigenvalue weighted by molar-refractivity contribution is 0.199. The number of carbonyl (C=O) groups is 1. The second kappa shape index (κ2) is 9.03. The van der Waals surface area contributed by atoms with Gasteiger partial charge < -0.3 is 20.7 Å². The first-order valence-corrected chi connectivity index (χ1v) is 9.21. The maximum atomic E-state index is 11.1. The van der Waals surface area contributed by atoms with E-state index in [0.717, 1.165) is 22.4 Å². The number of amides is 1. The Bertz CT molecular complexity index is 821. The third-order valence-corrected chi connectivity index (χ3v) is 4.37. The number of hydrogen-bond acceptors (Lipinski definition) is 5. The lowest BCUT2D eigenvalue weighted by Gasteiger charge is -2.27. The summed E-state index contributed by atoms with van der Waals surface area (Å²) in [4.78, 5) is 16.3. The fourth-order valence-electron chi connectivity index (χ4n) is 3.14. The van der Waals surface area contributed by atoms with Crippen LogP contribution in [-0.2, 0) is 6.61 Å². The standard InChI is InChI=1S/C21H29N3O4/c1-14(2)11-21(3,22)13-28-18-6-5-15(9-17(18)12-25)16-7-8-23-19(10-16)24(4)20(26)27/h5-10,14,25H,11-13,22H2,1-4H3,(H,26,27)/t21-/m0/s1. The predicted octanol–water partition coefficient (Wildman–Crippen LogP) is 3.50. The molecule has 1 heterocycles. The zero-order valence-corrected chi connectivity index (χ0v) is 16.8. The summed E-state index contributed by atoms with van der Waals surface area (Å²) in [6, 6.07) is 8.96. The molecule has 4 N–H and O–H groups in total. The first-order valence-electron chi connectivity index (χ1n) is 9.21. The Morgan fingerprint density at radius 2 is 1.96 bits per heavy atom. The molecule has 1 aromatic heterocycles. The highest BCUT2D eigenvalue weighted by Crippen LogP contribution is 2.29. The lowest BCUT2D eigenvalue weighted by atomic mass is 9.93. The number of benzene rings is 1. The van der Waals surface area contributed by atoms with E-state index in [1.165, 1.54) is 7.05 Å². The molecule has 0 saturated heterocycles. The molecule has 1 amide bonds. The van der Waals surface area contributed by atoms with Gasteiger partial charge >= 0.3 is 6.09 Å². The average Bonchev–Trinajstić information content (AvgIpc) is 2.64. The second-order valence-corrected chi connectivity index (χ2v) is 7.77. The zero-order valence-electron chi connectivity index (χ0n) is 16.8. The molecule has 0 aliphatic rings. The third-order valence-electron chi connectivity index (χ3n) is 4.37. The number of anilines is 1. The molecule has 7 nitrogen and oxygen atoms in total. The Kier molecular flexibility index (Phi) is 6.99. The van der Waals surface area contributed by atoms with Crippen molar-refractivity contribution < 1.29 is 19.7 Å². The van der Waals surface area contributed by atoms with Crippen molar-refractivity contribution in [2.45, 2.75) is 39.3 Å². The molecule has 0 bridgehead atoms. The van der Waals surface area contributed by atoms with Crippen molar-refractivity contribution in [3.05, 3.63) is 42.1 Å². The van der Waals surface area contributed by atoms with Crippen LogP contribution in [0.25, 0.3) is 11.1 Å². The number of pyridine rings is 1. The summed E-state index contributed by atoms with van der Waals surface area (Å²) in [5.74, 6) is 1.37. The van der Waals surface area contributed by atoms with E-state index in [4.69, 9.17) is 15.6 Å². The van der Waals surface area contributed by atoms with Gasteiger partial charge in [-0.2, -0.15) is 0 Å². The molecule has 0 spiro atoms. The van der Waals surface area contributed by atoms with Gasteiger partial charge in [-0.1, -0.05) is 19.9 Å². The van der Waals surface area contributed by atoms with Crippen LogP contribution in [-0.4, -0.2) is 40.5 Å². The minimum atomic E-state index is -1.09. The van der Waals surface area contributed by atoms with Crippen LogP contribution < -0.4 is 15.4 Å². The topological polar surface area (TPSA) is 109 Å². The molecule has 1 aromatic carbocycles. The summed E-state index contributed by atoms with van der Waals surface area (Å²) < 4.78 is 5.89. The third kappa shape index (κ3) is 5.68. The van der Waals surface area contributed by atoms with Gasteiger partial charge in [0, 0.05) is 24.3 Å². The summed E-state index contributed by atoms with van der Waals surface area (Å²) in [7, 11) is 1.44. The van der Waals surface area contributed by atoms with Gasteiger partial charge in [0.1, 0.15) is 18.2 Å². The van der Waals surface area contributed by atoms with Gasteiger partial charge in [0.2, 0.25) is 0 Å². The summed E-state index contributed by atoms with van der Waals surface area (Å²) in [6.07, 6.45) is 1.30. The highest BCUT2D eigenvalue weighted by atomic mass is 16.5. The molecule has 2 rings (SSSR count). The fraction of sp³-hybridized carbons (Fsp3) is 0.429. The molecule has 0 unspecified atom stereocenters. The van der Waals surface area contributed by atoms with Crippen molar-refractivity contribution in [1.82, 2.24) is 4.98 Å². The van der Waals surface area contributed by atoms with Crippen LogP contribution in [0, 0.1) is 5.92 Å². The molecule has 7 heteroatoms. The van der Waals surface area contributed by atoms with Gasteiger partial charge in [-0.05, 0) is 54.7 Å². The van der Waals surface area contributed by atoms with Crippen LogP contribution in [0.4, 0.5) is 10.6 Å². The maximum absolute atomic E-state index is 11.1. The highest BCUT2D eigenvalue weighted by Gasteiger charge is 2.21. The van der Waals surface area contributed by atoms with Gasteiger partial charge in [0.15, 0.2) is 0 Å². The molecule has 2 aromatic rings. The summed E-state index contributed by atoms with van der Waals surface area (Å²) in [5.41, 5.74) is 8.11. The lowest BCUT2D eigenvalue weighted by Crippen LogP contribution is -2.43. The predicted molar refractivity (Wildman–Crippen MR) is 110 cm³/mol. The number of rotatable bonds is 8. The molecular weight excluding hydrogens is 358 g/mol. The molecule has 0 radical (unpaired) electrons. The van der Waals surface area contributed by atoms with Crippen molar-refractivity contribution in [1.29, 1.82) is 0 Å². The van der Waals surface area contributed by atoms with Gasteiger partial charge in [-0.25, -0.2) is 9.78 Å². The highest BCUT2D eigenvalue weighted by molar-refractivity contribution is 5.85. The van der Waals surface area contributed by atoms with Crippen LogP contribution in [0.2, 0.25) is 0 Å². The van der Waals surface area contributed by atoms with Crippen molar-refractivity contribution in [3.63, 3.8) is 0 Å². The Hall–Kier alpha value is -2.64. The van der Waals surface area contributed by atoms with Crippen LogP contribution >= 0.6 is 0 Å². The quantitative estimate of drug-likeness (QED) is 0.640. The van der Waals surface area contributed by atoms with E-state index >= 15 is 0 Å². The Labute approximate surface area is 165 Å². The monoisotopic (exact) mass is 387 g/mol. The minimum Gasteiger partial charge on any atom is -0.491 e. The van der Waals surface area contributed by atoms with E-state index in [9.17, 15) is 9.90 Å². The summed E-state index contributed by atoms with van der Waals surface area (Å²) >= 11 is 0. The second-order valence-electron chi connectivity index (χ2n) is 7.77. The number of nitrogens with zero attached hydrogens (tertiary/aromatic N) is 2. The van der Waals surface area contributed by atoms with Gasteiger partial charge in [-0.3, -0.25) is 4.90 Å². The molecule has 0 aliphatic heterocycles. The van der Waals surface area contributed by atoms with Crippen molar-refractivity contribution >= 4 is 11.9 Å². The Morgan fingerprint density at radius 3 is 2.57 bits per heavy atom. The normalized spacial score (nSPS) is 13.2. The van der Waals surface area contributed by atoms with Crippen LogP contribution in [0.1, 0.15) is 32.8 Å². The summed E-state index contributed by atoms with van der Waals surface area (Å²) in [6.45, 7) is 6.35. The largest absolute Gasteiger partial charge is 0.491 e. The van der Waals surface area contributed by atoms with Crippen LogP contribution in [0.5, 0.6) is 5.75 Å². The number of aliphatic hydroxyl groups is 1. The first-order chi connectivity index (χ1) is 13.1. The number of nitrogens with two attached hydrogens (primary N) is 1. The molecule has 0 fully saturated rings. The first kappa shape index (κ1) is 21.7. The molecular formula is C21H29N3O4. The van der Waals surface area contributed by atoms with Crippen LogP contribution in [0.3, 0.4) is 0 Å². The van der Waals surface area contributed by atoms with Gasteiger partial charge in [0.05, 0.1) is 6.61 Å². The number of carboxylic acid groups (broad SMARTS) is 1. The minimum absolute atomic E-state index is 0.179. The number of aromatic nitrogens is 1. The van der Waals surface area contributed by atoms with E-state index in [1.54, 1.807) is 24.4 Å². The van der Waals surface area contributed by atoms with E-state index < -0.39 is 11.6 Å². The molecule has 1 atom stereocenters. The fourth-order valence-corrected chi connectivity index (χ4v) is 3.14. The van der Waals surface area contributed by atoms with Crippen molar-refractivity contribution in [2.75, 3.05) is 18.6 Å². The van der Waals surface area contributed by atoms with E-state index in [0.29, 0.717) is 29.7 Å². The summed E-state index contributed by atoms with van der Waals surface area (Å²) in [5, 5.41) is 18.9. The average molecular weight is 387 g/mol. The number of hydrogen-bond donors (Lipinski definition) is 3. The van der Waals surface area contributed by atoms with E-state index in [1.807, 2.05) is 19.1 Å². The maximum Gasteiger partial charge on any atom is 0.412 e. The van der Waals surface area contributed by atoms with Gasteiger partial charge in [0.25, 0.3) is 0 Å².